The first kappa shape index (κ1) is 14.0. The van der Waals surface area contributed by atoms with Crippen LogP contribution in [-0.2, 0) is 9.53 Å². The predicted octanol–water partition coefficient (Wildman–Crippen LogP) is 3.30. The average Bonchev–Trinajstić information content (AvgIpc) is 2.35. The zero-order chi connectivity index (χ0) is 13.5. The summed E-state index contributed by atoms with van der Waals surface area (Å²) in [4.78, 5) is 11.4. The summed E-state index contributed by atoms with van der Waals surface area (Å²) in [5.74, 6) is -0.148. The number of ether oxygens (including phenoxy) is 1. The fourth-order valence-electron chi connectivity index (χ4n) is 1.30. The molecule has 18 heavy (non-hydrogen) atoms. The highest BCUT2D eigenvalue weighted by Crippen LogP contribution is 2.12. The van der Waals surface area contributed by atoms with E-state index in [4.69, 9.17) is 9.84 Å². The van der Waals surface area contributed by atoms with Crippen molar-refractivity contribution in [2.24, 2.45) is 0 Å². The van der Waals surface area contributed by atoms with E-state index < -0.39 is 0 Å². The Kier molecular flexibility index (Phi) is 5.18. The molecular weight excluding hydrogens is 228 g/mol. The van der Waals surface area contributed by atoms with E-state index in [-0.39, 0.29) is 17.8 Å². The molecule has 3 heteroatoms. The summed E-state index contributed by atoms with van der Waals surface area (Å²) in [6.07, 6.45) is 4.13. The number of aromatic hydroxyl groups is 1. The molecule has 1 rings (SSSR count). The lowest BCUT2D eigenvalue weighted by atomic mass is 10.1. The second-order valence-electron chi connectivity index (χ2n) is 4.08. The Hall–Kier alpha value is -2.03. The summed E-state index contributed by atoms with van der Waals surface area (Å²) in [6.45, 7) is 7.11. The van der Waals surface area contributed by atoms with Crippen LogP contribution in [-0.4, -0.2) is 17.2 Å². The lowest BCUT2D eigenvalue weighted by molar-refractivity contribution is -0.142. The molecule has 0 saturated carbocycles. The summed E-state index contributed by atoms with van der Waals surface area (Å²) < 4.78 is 5.23. The zero-order valence-corrected chi connectivity index (χ0v) is 10.7. The third-order valence-electron chi connectivity index (χ3n) is 2.41. The lowest BCUT2D eigenvalue weighted by Gasteiger charge is -2.11. The van der Waals surface area contributed by atoms with Gasteiger partial charge in [-0.1, -0.05) is 31.7 Å². The van der Waals surface area contributed by atoms with E-state index in [1.165, 1.54) is 0 Å². The Morgan fingerprint density at radius 3 is 2.56 bits per heavy atom. The molecule has 1 aromatic rings. The molecule has 0 bridgehead atoms. The highest BCUT2D eigenvalue weighted by Gasteiger charge is 2.09. The second kappa shape index (κ2) is 6.64. The zero-order valence-electron chi connectivity index (χ0n) is 10.7. The van der Waals surface area contributed by atoms with Crippen LogP contribution < -0.4 is 0 Å². The molecular formula is C15H18O3. The van der Waals surface area contributed by atoms with E-state index >= 15 is 0 Å². The molecule has 0 spiro atoms. The van der Waals surface area contributed by atoms with Gasteiger partial charge in [0, 0.05) is 5.57 Å². The fraction of sp³-hybridized carbons (Fsp3) is 0.267. The Bertz CT molecular complexity index is 443. The van der Waals surface area contributed by atoms with Crippen LogP contribution in [0, 0.1) is 0 Å². The van der Waals surface area contributed by atoms with Crippen LogP contribution in [0.25, 0.3) is 6.08 Å². The topological polar surface area (TPSA) is 46.5 Å². The van der Waals surface area contributed by atoms with E-state index in [1.807, 2.05) is 19.1 Å². The highest BCUT2D eigenvalue weighted by molar-refractivity contribution is 5.87. The largest absolute Gasteiger partial charge is 0.508 e. The van der Waals surface area contributed by atoms with Gasteiger partial charge in [0.15, 0.2) is 0 Å². The molecule has 0 amide bonds. The fourth-order valence-corrected chi connectivity index (χ4v) is 1.30. The van der Waals surface area contributed by atoms with Crippen LogP contribution in [0.2, 0.25) is 0 Å². The van der Waals surface area contributed by atoms with Gasteiger partial charge in [-0.2, -0.15) is 0 Å². The highest BCUT2D eigenvalue weighted by atomic mass is 16.5. The molecule has 0 fully saturated rings. The quantitative estimate of drug-likeness (QED) is 0.640. The first-order chi connectivity index (χ1) is 8.52. The molecule has 0 heterocycles. The van der Waals surface area contributed by atoms with Gasteiger partial charge in [0.1, 0.15) is 11.9 Å². The van der Waals surface area contributed by atoms with Crippen molar-refractivity contribution in [1.29, 1.82) is 0 Å². The van der Waals surface area contributed by atoms with Crippen molar-refractivity contribution in [3.8, 4) is 5.75 Å². The third kappa shape index (κ3) is 4.45. The van der Waals surface area contributed by atoms with Crippen LogP contribution in [0.1, 0.15) is 25.8 Å². The minimum absolute atomic E-state index is 0.230. The number of phenols is 1. The van der Waals surface area contributed by atoms with Gasteiger partial charge < -0.3 is 9.84 Å². The number of hydrogen-bond donors (Lipinski definition) is 1. The van der Waals surface area contributed by atoms with E-state index in [0.717, 1.165) is 5.56 Å². The molecule has 0 radical (unpaired) electrons. The van der Waals surface area contributed by atoms with Crippen LogP contribution >= 0.6 is 0 Å². The van der Waals surface area contributed by atoms with Crippen molar-refractivity contribution in [2.75, 3.05) is 0 Å². The van der Waals surface area contributed by atoms with Gasteiger partial charge in [0.05, 0.1) is 0 Å². The van der Waals surface area contributed by atoms with E-state index in [1.54, 1.807) is 31.2 Å². The maximum absolute atomic E-state index is 11.4. The molecule has 0 aliphatic rings. The number of carbonyl (C=O) groups excluding carboxylic acids is 1. The molecule has 1 atom stereocenters. The second-order valence-corrected chi connectivity index (χ2v) is 4.08. The molecule has 1 aromatic carbocycles. The minimum atomic E-state index is -0.378. The molecule has 0 saturated heterocycles. The maximum Gasteiger partial charge on any atom is 0.333 e. The third-order valence-corrected chi connectivity index (χ3v) is 2.41. The average molecular weight is 246 g/mol. The Labute approximate surface area is 107 Å². The van der Waals surface area contributed by atoms with Crippen LogP contribution in [0.4, 0.5) is 0 Å². The van der Waals surface area contributed by atoms with Crippen molar-refractivity contribution in [1.82, 2.24) is 0 Å². The van der Waals surface area contributed by atoms with Crippen LogP contribution in [0.3, 0.4) is 0 Å². The van der Waals surface area contributed by atoms with Gasteiger partial charge in [-0.05, 0) is 37.1 Å². The van der Waals surface area contributed by atoms with Crippen LogP contribution in [0.5, 0.6) is 5.75 Å². The Balaban J connectivity index is 2.65. The molecule has 0 aliphatic carbocycles. The van der Waals surface area contributed by atoms with Gasteiger partial charge in [0.25, 0.3) is 0 Å². The normalized spacial score (nSPS) is 12.3. The predicted molar refractivity (Wildman–Crippen MR) is 72.1 cm³/mol. The number of esters is 1. The summed E-state index contributed by atoms with van der Waals surface area (Å²) in [5, 5.41) is 9.16. The number of benzene rings is 1. The molecule has 3 nitrogen and oxygen atoms in total. The standard InChI is InChI=1S/C15H18O3/c1-4-14(18-15(17)11(2)3)10-7-12-5-8-13(16)9-6-12/h5-10,14,16H,2,4H2,1,3H3/b10-7+. The molecule has 96 valence electrons. The van der Waals surface area contributed by atoms with Crippen LogP contribution in [0.15, 0.2) is 42.5 Å². The van der Waals surface area contributed by atoms with Crippen molar-refractivity contribution in [2.45, 2.75) is 26.4 Å². The van der Waals surface area contributed by atoms with E-state index in [9.17, 15) is 4.79 Å². The maximum atomic E-state index is 11.4. The Morgan fingerprint density at radius 1 is 1.44 bits per heavy atom. The van der Waals surface area contributed by atoms with Gasteiger partial charge >= 0.3 is 5.97 Å². The van der Waals surface area contributed by atoms with Gasteiger partial charge in [-0.3, -0.25) is 0 Å². The summed E-state index contributed by atoms with van der Waals surface area (Å²) in [5.41, 5.74) is 1.34. The minimum Gasteiger partial charge on any atom is -0.508 e. The van der Waals surface area contributed by atoms with Gasteiger partial charge in [0.2, 0.25) is 0 Å². The number of carbonyl (C=O) groups is 1. The molecule has 1 unspecified atom stereocenters. The summed E-state index contributed by atoms with van der Waals surface area (Å²) in [7, 11) is 0. The first-order valence-corrected chi connectivity index (χ1v) is 5.86. The Morgan fingerprint density at radius 2 is 2.06 bits per heavy atom. The van der Waals surface area contributed by atoms with Gasteiger partial charge in [-0.15, -0.1) is 0 Å². The number of hydrogen-bond acceptors (Lipinski definition) is 3. The smallest absolute Gasteiger partial charge is 0.333 e. The monoisotopic (exact) mass is 246 g/mol. The number of phenolic OH excluding ortho intramolecular Hbond substituents is 1. The SMILES string of the molecule is C=C(C)C(=O)OC(/C=C/c1ccc(O)cc1)CC. The molecule has 0 aromatic heterocycles. The van der Waals surface area contributed by atoms with E-state index in [0.29, 0.717) is 12.0 Å². The van der Waals surface area contributed by atoms with Crippen molar-refractivity contribution < 1.29 is 14.6 Å². The molecule has 0 aliphatic heterocycles. The number of rotatable bonds is 5. The lowest BCUT2D eigenvalue weighted by Crippen LogP contribution is -2.15. The molecule has 1 N–H and O–H groups in total. The first-order valence-electron chi connectivity index (χ1n) is 5.86. The van der Waals surface area contributed by atoms with Gasteiger partial charge in [-0.25, -0.2) is 4.79 Å². The van der Waals surface area contributed by atoms with Crippen molar-refractivity contribution >= 4 is 12.0 Å². The summed E-state index contributed by atoms with van der Waals surface area (Å²) in [6, 6.07) is 6.80. The van der Waals surface area contributed by atoms with E-state index in [2.05, 4.69) is 6.58 Å². The van der Waals surface area contributed by atoms with Crippen molar-refractivity contribution in [3.05, 3.63) is 48.1 Å². The van der Waals surface area contributed by atoms with Crippen molar-refractivity contribution in [3.63, 3.8) is 0 Å². The summed E-state index contributed by atoms with van der Waals surface area (Å²) >= 11 is 0.